The van der Waals surface area contributed by atoms with E-state index in [1.54, 1.807) is 11.8 Å². The topological polar surface area (TPSA) is 70.6 Å². The molecule has 0 aliphatic carbocycles. The summed E-state index contributed by atoms with van der Waals surface area (Å²) in [4.78, 5) is 26.9. The van der Waals surface area contributed by atoms with Gasteiger partial charge in [0, 0.05) is 12.8 Å². The molecular weight excluding hydrogens is 282 g/mol. The van der Waals surface area contributed by atoms with Crippen LogP contribution in [0.3, 0.4) is 0 Å². The predicted molar refractivity (Wildman–Crippen MR) is 79.9 cm³/mol. The van der Waals surface area contributed by atoms with Crippen molar-refractivity contribution in [3.05, 3.63) is 29.8 Å². The summed E-state index contributed by atoms with van der Waals surface area (Å²) in [6, 6.07) is 7.45. The molecule has 0 spiro atoms. The molecule has 1 aromatic rings. The number of imide groups is 1. The van der Waals surface area contributed by atoms with Gasteiger partial charge in [-0.05, 0) is 11.6 Å². The molecule has 0 bridgehead atoms. The third-order valence-corrected chi connectivity index (χ3v) is 4.61. The maximum atomic E-state index is 11.4. The van der Waals surface area contributed by atoms with Gasteiger partial charge in [0.15, 0.2) is 0 Å². The number of urea groups is 1. The van der Waals surface area contributed by atoms with Crippen LogP contribution in [0.5, 0.6) is 0 Å². The lowest BCUT2D eigenvalue weighted by Gasteiger charge is -2.13. The molecule has 1 aromatic carbocycles. The van der Waals surface area contributed by atoms with Crippen LogP contribution < -0.4 is 10.6 Å². The Labute approximate surface area is 119 Å². The monoisotopic (exact) mass is 295 g/mol. The van der Waals surface area contributed by atoms with Gasteiger partial charge >= 0.3 is 6.03 Å². The van der Waals surface area contributed by atoms with Gasteiger partial charge in [0.05, 0.1) is 11.4 Å². The van der Waals surface area contributed by atoms with E-state index in [4.69, 9.17) is 0 Å². The molecule has 5 nitrogen and oxygen atoms in total. The summed E-state index contributed by atoms with van der Waals surface area (Å²) in [5, 5.41) is 4.55. The Morgan fingerprint density at radius 1 is 1.42 bits per heavy atom. The highest BCUT2D eigenvalue weighted by Gasteiger charge is 2.14. The van der Waals surface area contributed by atoms with E-state index in [-0.39, 0.29) is 11.7 Å². The molecule has 0 unspecified atom stereocenters. The number of nitrogens with one attached hydrogen (secondary N) is 2. The summed E-state index contributed by atoms with van der Waals surface area (Å²) in [6.07, 6.45) is 0. The minimum atomic E-state index is -0.491. The Balaban J connectivity index is 1.90. The zero-order chi connectivity index (χ0) is 13.7. The first-order valence-electron chi connectivity index (χ1n) is 5.63. The van der Waals surface area contributed by atoms with Crippen molar-refractivity contribution in [2.75, 3.05) is 12.8 Å². The molecule has 2 rings (SSSR count). The van der Waals surface area contributed by atoms with Crippen LogP contribution in [-0.4, -0.2) is 29.1 Å². The first-order valence-corrected chi connectivity index (χ1v) is 7.60. The van der Waals surface area contributed by atoms with Gasteiger partial charge < -0.3 is 5.32 Å². The smallest absolute Gasteiger partial charge is 0.321 e. The van der Waals surface area contributed by atoms with Crippen LogP contribution in [0.4, 0.5) is 10.5 Å². The molecule has 7 heteroatoms. The lowest BCUT2D eigenvalue weighted by atomic mass is 10.2. The van der Waals surface area contributed by atoms with Gasteiger partial charge in [-0.2, -0.15) is 0 Å². The number of rotatable bonds is 2. The number of thioether (sulfide) groups is 2. The summed E-state index contributed by atoms with van der Waals surface area (Å²) in [5.74, 6) is 0.715. The first kappa shape index (κ1) is 14.0. The molecule has 0 radical (unpaired) electrons. The Kier molecular flexibility index (Phi) is 4.86. The molecule has 0 aromatic heterocycles. The van der Waals surface area contributed by atoms with Crippen molar-refractivity contribution in [1.29, 1.82) is 0 Å². The third kappa shape index (κ3) is 4.00. The number of nitrogens with zero attached hydrogens (tertiary/aromatic N) is 1. The molecule has 2 N–H and O–H groups in total. The number of hydrogen-bond donors (Lipinski definition) is 2. The molecule has 0 atom stereocenters. The maximum absolute atomic E-state index is 11.4. The highest BCUT2D eigenvalue weighted by Crippen LogP contribution is 2.34. The zero-order valence-corrected chi connectivity index (χ0v) is 11.9. The summed E-state index contributed by atoms with van der Waals surface area (Å²) < 4.78 is 0.853. The molecule has 1 aliphatic rings. The molecule has 0 saturated heterocycles. The minimum absolute atomic E-state index is 0.182. The van der Waals surface area contributed by atoms with Crippen LogP contribution in [0.25, 0.3) is 0 Å². The van der Waals surface area contributed by atoms with E-state index in [0.717, 1.165) is 15.8 Å². The Hall–Kier alpha value is -1.47. The lowest BCUT2D eigenvalue weighted by Crippen LogP contribution is -2.38. The number of carbonyl (C=O) groups excluding carboxylic acids is 2. The molecule has 3 amide bonds. The number of carbonyl (C=O) groups is 2. The van der Waals surface area contributed by atoms with Crippen molar-refractivity contribution < 1.29 is 9.59 Å². The molecule has 0 saturated carbocycles. The van der Waals surface area contributed by atoms with Gasteiger partial charge in [0.1, 0.15) is 4.38 Å². The molecule has 1 aliphatic heterocycles. The summed E-state index contributed by atoms with van der Waals surface area (Å²) >= 11 is 2.95. The highest BCUT2D eigenvalue weighted by molar-refractivity contribution is 8.38. The van der Waals surface area contributed by atoms with E-state index in [1.807, 2.05) is 24.3 Å². The number of fused-ring (bicyclic) bond motifs is 1. The van der Waals surface area contributed by atoms with Gasteiger partial charge in [-0.15, -0.1) is 0 Å². The molecule has 19 heavy (non-hydrogen) atoms. The van der Waals surface area contributed by atoms with Gasteiger partial charge in [-0.1, -0.05) is 41.7 Å². The van der Waals surface area contributed by atoms with E-state index in [0.29, 0.717) is 0 Å². The summed E-state index contributed by atoms with van der Waals surface area (Å²) in [7, 11) is 1.47. The largest absolute Gasteiger partial charge is 0.341 e. The van der Waals surface area contributed by atoms with E-state index in [1.165, 1.54) is 24.4 Å². The van der Waals surface area contributed by atoms with E-state index in [9.17, 15) is 9.59 Å². The van der Waals surface area contributed by atoms with E-state index in [2.05, 4.69) is 15.6 Å². The third-order valence-electron chi connectivity index (χ3n) is 2.36. The van der Waals surface area contributed by atoms with Crippen molar-refractivity contribution in [3.63, 3.8) is 0 Å². The molecule has 100 valence electrons. The van der Waals surface area contributed by atoms with Crippen LogP contribution >= 0.6 is 23.5 Å². The Morgan fingerprint density at radius 2 is 2.21 bits per heavy atom. The van der Waals surface area contributed by atoms with Crippen molar-refractivity contribution in [1.82, 2.24) is 10.6 Å². The van der Waals surface area contributed by atoms with Crippen LogP contribution in [0, 0.1) is 0 Å². The molecule has 1 heterocycles. The van der Waals surface area contributed by atoms with Crippen LogP contribution in [0.2, 0.25) is 0 Å². The highest BCUT2D eigenvalue weighted by atomic mass is 32.2. The van der Waals surface area contributed by atoms with Crippen molar-refractivity contribution in [2.45, 2.75) is 5.75 Å². The van der Waals surface area contributed by atoms with Crippen LogP contribution in [0.1, 0.15) is 5.56 Å². The molecule has 0 fully saturated rings. The molecular formula is C12H13N3O2S2. The average molecular weight is 295 g/mol. The van der Waals surface area contributed by atoms with Gasteiger partial charge in [0.2, 0.25) is 5.91 Å². The minimum Gasteiger partial charge on any atom is -0.341 e. The standard InChI is InChI=1S/C12H13N3O2S2/c1-13-11(17)15-10(16)7-19-12-14-9-5-3-2-4-8(9)6-18-12/h2-5H,6-7H2,1H3,(H2,13,15,16,17). The fraction of sp³-hybridized carbons (Fsp3) is 0.250. The van der Waals surface area contributed by atoms with Crippen molar-refractivity contribution in [2.24, 2.45) is 4.99 Å². The van der Waals surface area contributed by atoms with Gasteiger partial charge in [-0.3, -0.25) is 10.1 Å². The predicted octanol–water partition coefficient (Wildman–Crippen LogP) is 2.11. The van der Waals surface area contributed by atoms with Gasteiger partial charge in [-0.25, -0.2) is 9.79 Å². The lowest BCUT2D eigenvalue weighted by molar-refractivity contribution is -0.117. The van der Waals surface area contributed by atoms with E-state index >= 15 is 0 Å². The second-order valence-electron chi connectivity index (χ2n) is 3.71. The number of aliphatic imine (C=N–C) groups is 1. The number of hydrogen-bond acceptors (Lipinski definition) is 5. The van der Waals surface area contributed by atoms with Gasteiger partial charge in [0.25, 0.3) is 0 Å². The average Bonchev–Trinajstić information content (AvgIpc) is 2.44. The quantitative estimate of drug-likeness (QED) is 0.876. The van der Waals surface area contributed by atoms with Crippen LogP contribution in [-0.2, 0) is 10.5 Å². The van der Waals surface area contributed by atoms with Crippen molar-refractivity contribution >= 4 is 45.5 Å². The van der Waals surface area contributed by atoms with Crippen molar-refractivity contribution in [3.8, 4) is 0 Å². The van der Waals surface area contributed by atoms with E-state index < -0.39 is 6.03 Å². The normalized spacial score (nSPS) is 13.2. The fourth-order valence-electron chi connectivity index (χ4n) is 1.44. The zero-order valence-electron chi connectivity index (χ0n) is 10.3. The fourth-order valence-corrected chi connectivity index (χ4v) is 3.30. The number of amides is 3. The summed E-state index contributed by atoms with van der Waals surface area (Å²) in [5.41, 5.74) is 2.15. The second kappa shape index (κ2) is 6.63. The second-order valence-corrected chi connectivity index (χ2v) is 5.90. The SMILES string of the molecule is CNC(=O)NC(=O)CSC1=Nc2ccccc2CS1. The maximum Gasteiger partial charge on any atom is 0.321 e. The first-order chi connectivity index (χ1) is 9.19. The van der Waals surface area contributed by atoms with Crippen LogP contribution in [0.15, 0.2) is 29.3 Å². The number of benzene rings is 1. The number of para-hydroxylation sites is 1. The Morgan fingerprint density at radius 3 is 3.00 bits per heavy atom. The Bertz CT molecular complexity index is 531. The summed E-state index contributed by atoms with van der Waals surface area (Å²) in [6.45, 7) is 0.